The van der Waals surface area contributed by atoms with E-state index in [9.17, 15) is 0 Å². The van der Waals surface area contributed by atoms with E-state index in [4.69, 9.17) is 10.5 Å². The number of nitrogens with zero attached hydrogens (tertiary/aromatic N) is 1. The lowest BCUT2D eigenvalue weighted by Gasteiger charge is -2.31. The first kappa shape index (κ1) is 13.4. The standard InChI is InChI=1S/C15H24N2O/c1-3-10-17(13-6-7-13)15(11-16)12-4-8-14(18-2)9-5-12/h4-5,8-9,13,15H,3,6-7,10-11,16H2,1-2H3. The van der Waals surface area contributed by atoms with E-state index < -0.39 is 0 Å². The Labute approximate surface area is 110 Å². The summed E-state index contributed by atoms with van der Waals surface area (Å²) >= 11 is 0. The van der Waals surface area contributed by atoms with Crippen LogP contribution in [0.1, 0.15) is 37.8 Å². The third-order valence-corrected chi connectivity index (χ3v) is 3.62. The summed E-state index contributed by atoms with van der Waals surface area (Å²) in [5.74, 6) is 0.906. The predicted octanol–water partition coefficient (Wildman–Crippen LogP) is 2.57. The smallest absolute Gasteiger partial charge is 0.118 e. The topological polar surface area (TPSA) is 38.5 Å². The Morgan fingerprint density at radius 3 is 2.44 bits per heavy atom. The normalized spacial score (nSPS) is 16.9. The van der Waals surface area contributed by atoms with E-state index in [1.165, 1.54) is 24.8 Å². The molecule has 0 amide bonds. The quantitative estimate of drug-likeness (QED) is 0.806. The van der Waals surface area contributed by atoms with Crippen LogP contribution in [0.3, 0.4) is 0 Å². The summed E-state index contributed by atoms with van der Waals surface area (Å²) in [5.41, 5.74) is 7.30. The first-order valence-electron chi connectivity index (χ1n) is 6.90. The summed E-state index contributed by atoms with van der Waals surface area (Å²) in [6.07, 6.45) is 3.84. The summed E-state index contributed by atoms with van der Waals surface area (Å²) in [6, 6.07) is 9.43. The number of methoxy groups -OCH3 is 1. The van der Waals surface area contributed by atoms with E-state index >= 15 is 0 Å². The average Bonchev–Trinajstić information content (AvgIpc) is 3.23. The summed E-state index contributed by atoms with van der Waals surface area (Å²) in [4.78, 5) is 2.57. The molecule has 1 aliphatic rings. The van der Waals surface area contributed by atoms with E-state index in [-0.39, 0.29) is 0 Å². The van der Waals surface area contributed by atoms with Crippen molar-refractivity contribution in [2.45, 2.75) is 38.3 Å². The Morgan fingerprint density at radius 2 is 2.00 bits per heavy atom. The molecule has 1 saturated carbocycles. The van der Waals surface area contributed by atoms with Gasteiger partial charge in [-0.05, 0) is 43.5 Å². The van der Waals surface area contributed by atoms with Crippen LogP contribution in [0, 0.1) is 0 Å². The van der Waals surface area contributed by atoms with Crippen molar-refractivity contribution in [3.63, 3.8) is 0 Å². The highest BCUT2D eigenvalue weighted by molar-refractivity contribution is 5.29. The van der Waals surface area contributed by atoms with Crippen LogP contribution in [0.5, 0.6) is 5.75 Å². The molecule has 3 heteroatoms. The molecule has 0 bridgehead atoms. The van der Waals surface area contributed by atoms with Crippen molar-refractivity contribution in [1.82, 2.24) is 4.90 Å². The molecular weight excluding hydrogens is 224 g/mol. The van der Waals surface area contributed by atoms with Crippen LogP contribution in [0.15, 0.2) is 24.3 Å². The highest BCUT2D eigenvalue weighted by Gasteiger charge is 2.33. The largest absolute Gasteiger partial charge is 0.497 e. The number of benzene rings is 1. The molecule has 0 aliphatic heterocycles. The summed E-state index contributed by atoms with van der Waals surface area (Å²) < 4.78 is 5.21. The number of rotatable bonds is 7. The SMILES string of the molecule is CCCN(C1CC1)C(CN)c1ccc(OC)cc1. The molecule has 2 N–H and O–H groups in total. The second-order valence-electron chi connectivity index (χ2n) is 4.99. The summed E-state index contributed by atoms with van der Waals surface area (Å²) in [5, 5.41) is 0. The molecule has 2 rings (SSSR count). The Bertz CT molecular complexity index is 359. The van der Waals surface area contributed by atoms with Gasteiger partial charge in [0.1, 0.15) is 5.75 Å². The van der Waals surface area contributed by atoms with Crippen molar-refractivity contribution in [1.29, 1.82) is 0 Å². The third-order valence-electron chi connectivity index (χ3n) is 3.62. The van der Waals surface area contributed by atoms with Gasteiger partial charge in [0.25, 0.3) is 0 Å². The lowest BCUT2D eigenvalue weighted by Crippen LogP contribution is -2.36. The van der Waals surface area contributed by atoms with E-state index in [0.29, 0.717) is 12.6 Å². The highest BCUT2D eigenvalue weighted by atomic mass is 16.5. The fourth-order valence-corrected chi connectivity index (χ4v) is 2.55. The second-order valence-corrected chi connectivity index (χ2v) is 4.99. The van der Waals surface area contributed by atoms with Crippen LogP contribution in [-0.2, 0) is 0 Å². The third kappa shape index (κ3) is 3.03. The molecule has 1 aromatic rings. The number of hydrogen-bond acceptors (Lipinski definition) is 3. The van der Waals surface area contributed by atoms with Gasteiger partial charge >= 0.3 is 0 Å². The molecule has 1 fully saturated rings. The minimum Gasteiger partial charge on any atom is -0.497 e. The zero-order chi connectivity index (χ0) is 13.0. The van der Waals surface area contributed by atoms with Gasteiger partial charge in [-0.15, -0.1) is 0 Å². The van der Waals surface area contributed by atoms with Gasteiger partial charge in [0.15, 0.2) is 0 Å². The Kier molecular flexibility index (Phi) is 4.61. The van der Waals surface area contributed by atoms with Gasteiger partial charge < -0.3 is 10.5 Å². The fraction of sp³-hybridized carbons (Fsp3) is 0.600. The van der Waals surface area contributed by atoms with Gasteiger partial charge in [0.05, 0.1) is 7.11 Å². The minimum atomic E-state index is 0.350. The van der Waals surface area contributed by atoms with Crippen molar-refractivity contribution in [2.75, 3.05) is 20.2 Å². The molecule has 0 aromatic heterocycles. The molecule has 1 atom stereocenters. The predicted molar refractivity (Wildman–Crippen MR) is 74.8 cm³/mol. The summed E-state index contributed by atoms with van der Waals surface area (Å²) in [6.45, 7) is 4.05. The average molecular weight is 248 g/mol. The van der Waals surface area contributed by atoms with E-state index in [2.05, 4.69) is 24.0 Å². The van der Waals surface area contributed by atoms with E-state index in [0.717, 1.165) is 18.3 Å². The Morgan fingerprint density at radius 1 is 1.33 bits per heavy atom. The molecule has 100 valence electrons. The van der Waals surface area contributed by atoms with Gasteiger partial charge in [-0.3, -0.25) is 4.90 Å². The van der Waals surface area contributed by atoms with Crippen LogP contribution in [0.4, 0.5) is 0 Å². The zero-order valence-corrected chi connectivity index (χ0v) is 11.4. The minimum absolute atomic E-state index is 0.350. The van der Waals surface area contributed by atoms with Crippen molar-refractivity contribution < 1.29 is 4.74 Å². The van der Waals surface area contributed by atoms with E-state index in [1.807, 2.05) is 12.1 Å². The fourth-order valence-electron chi connectivity index (χ4n) is 2.55. The molecule has 18 heavy (non-hydrogen) atoms. The van der Waals surface area contributed by atoms with Gasteiger partial charge in [-0.2, -0.15) is 0 Å². The van der Waals surface area contributed by atoms with Crippen LogP contribution in [-0.4, -0.2) is 31.1 Å². The van der Waals surface area contributed by atoms with Gasteiger partial charge in [0.2, 0.25) is 0 Å². The Balaban J connectivity index is 2.14. The van der Waals surface area contributed by atoms with Crippen LogP contribution < -0.4 is 10.5 Å². The van der Waals surface area contributed by atoms with Crippen LogP contribution in [0.25, 0.3) is 0 Å². The maximum atomic E-state index is 6.00. The Hall–Kier alpha value is -1.06. The van der Waals surface area contributed by atoms with Gasteiger partial charge in [-0.25, -0.2) is 0 Å². The van der Waals surface area contributed by atoms with Gasteiger partial charge in [-0.1, -0.05) is 19.1 Å². The maximum absolute atomic E-state index is 6.00. The number of ether oxygens (including phenoxy) is 1. The van der Waals surface area contributed by atoms with Crippen molar-refractivity contribution in [3.8, 4) is 5.75 Å². The maximum Gasteiger partial charge on any atom is 0.118 e. The molecule has 0 saturated heterocycles. The summed E-state index contributed by atoms with van der Waals surface area (Å²) in [7, 11) is 1.70. The molecule has 0 spiro atoms. The van der Waals surface area contributed by atoms with Crippen molar-refractivity contribution >= 4 is 0 Å². The molecule has 1 aliphatic carbocycles. The van der Waals surface area contributed by atoms with Gasteiger partial charge in [0, 0.05) is 18.6 Å². The second kappa shape index (κ2) is 6.21. The van der Waals surface area contributed by atoms with Crippen molar-refractivity contribution in [3.05, 3.63) is 29.8 Å². The first-order valence-corrected chi connectivity index (χ1v) is 6.90. The lowest BCUT2D eigenvalue weighted by atomic mass is 10.0. The van der Waals surface area contributed by atoms with Crippen LogP contribution >= 0.6 is 0 Å². The highest BCUT2D eigenvalue weighted by Crippen LogP contribution is 2.34. The lowest BCUT2D eigenvalue weighted by molar-refractivity contribution is 0.191. The monoisotopic (exact) mass is 248 g/mol. The van der Waals surface area contributed by atoms with Crippen molar-refractivity contribution in [2.24, 2.45) is 5.73 Å². The molecule has 1 unspecified atom stereocenters. The molecule has 0 radical (unpaired) electrons. The number of hydrogen-bond donors (Lipinski definition) is 1. The van der Waals surface area contributed by atoms with Crippen LogP contribution in [0.2, 0.25) is 0 Å². The van der Waals surface area contributed by atoms with E-state index in [1.54, 1.807) is 7.11 Å². The number of nitrogens with two attached hydrogens (primary N) is 1. The first-order chi connectivity index (χ1) is 8.80. The molecule has 0 heterocycles. The zero-order valence-electron chi connectivity index (χ0n) is 11.4. The molecule has 1 aromatic carbocycles. The molecule has 3 nitrogen and oxygen atoms in total. The molecular formula is C15H24N2O.